The third-order valence-corrected chi connectivity index (χ3v) is 4.57. The molecule has 1 aliphatic heterocycles. The van der Waals surface area contributed by atoms with Crippen molar-refractivity contribution in [1.82, 2.24) is 14.9 Å². The van der Waals surface area contributed by atoms with Gasteiger partial charge in [0.1, 0.15) is 0 Å². The van der Waals surface area contributed by atoms with Crippen molar-refractivity contribution in [2.24, 2.45) is 5.73 Å². The van der Waals surface area contributed by atoms with Gasteiger partial charge >= 0.3 is 0 Å². The van der Waals surface area contributed by atoms with Crippen LogP contribution in [-0.2, 0) is 17.8 Å². The van der Waals surface area contributed by atoms with Crippen LogP contribution in [0.1, 0.15) is 42.3 Å². The highest BCUT2D eigenvalue weighted by Crippen LogP contribution is 2.27. The molecule has 0 spiro atoms. The first-order chi connectivity index (χ1) is 11.7. The van der Waals surface area contributed by atoms with E-state index in [1.54, 1.807) is 0 Å². The van der Waals surface area contributed by atoms with Gasteiger partial charge in [-0.05, 0) is 56.6 Å². The molecule has 24 heavy (non-hydrogen) atoms. The number of aryl methyl sites for hydroxylation is 1. The summed E-state index contributed by atoms with van der Waals surface area (Å²) in [6.07, 6.45) is 5.06. The zero-order valence-corrected chi connectivity index (χ0v) is 13.9. The van der Waals surface area contributed by atoms with E-state index in [9.17, 15) is 4.79 Å². The molecule has 0 unspecified atom stereocenters. The fourth-order valence-electron chi connectivity index (χ4n) is 3.22. The summed E-state index contributed by atoms with van der Waals surface area (Å²) in [4.78, 5) is 22.5. The van der Waals surface area contributed by atoms with Crippen LogP contribution in [0.25, 0.3) is 0 Å². The van der Waals surface area contributed by atoms with Gasteiger partial charge in [-0.15, -0.1) is 0 Å². The Bertz CT molecular complexity index is 666. The Balaban J connectivity index is 1.54. The number of carbonyl (C=O) groups is 1. The molecule has 126 valence electrons. The summed E-state index contributed by atoms with van der Waals surface area (Å²) >= 11 is 0. The SMILES string of the molecule is NC(=O)CCc1cccc(C2CCN(Cc3ccccn3)CC2)n1. The lowest BCUT2D eigenvalue weighted by molar-refractivity contribution is -0.118. The Labute approximate surface area is 142 Å². The molecule has 3 rings (SSSR count). The third-order valence-electron chi connectivity index (χ3n) is 4.57. The van der Waals surface area contributed by atoms with Crippen molar-refractivity contribution >= 4 is 5.91 Å². The number of aromatic nitrogens is 2. The van der Waals surface area contributed by atoms with Crippen LogP contribution < -0.4 is 5.73 Å². The van der Waals surface area contributed by atoms with Crippen LogP contribution >= 0.6 is 0 Å². The van der Waals surface area contributed by atoms with Crippen molar-refractivity contribution < 1.29 is 4.79 Å². The van der Waals surface area contributed by atoms with Gasteiger partial charge in [-0.3, -0.25) is 19.7 Å². The highest BCUT2D eigenvalue weighted by molar-refractivity contribution is 5.73. The summed E-state index contributed by atoms with van der Waals surface area (Å²) in [6.45, 7) is 3.04. The maximum absolute atomic E-state index is 10.9. The molecule has 1 fully saturated rings. The van der Waals surface area contributed by atoms with Gasteiger partial charge in [0.2, 0.25) is 5.91 Å². The summed E-state index contributed by atoms with van der Waals surface area (Å²) in [6, 6.07) is 12.2. The molecule has 3 heterocycles. The predicted molar refractivity (Wildman–Crippen MR) is 93.2 cm³/mol. The predicted octanol–water partition coefficient (Wildman–Crippen LogP) is 2.27. The fraction of sp³-hybridized carbons (Fsp3) is 0.421. The Morgan fingerprint density at radius 1 is 1.12 bits per heavy atom. The lowest BCUT2D eigenvalue weighted by Crippen LogP contribution is -2.33. The van der Waals surface area contributed by atoms with E-state index in [1.807, 2.05) is 30.5 Å². The summed E-state index contributed by atoms with van der Waals surface area (Å²) < 4.78 is 0. The lowest BCUT2D eigenvalue weighted by atomic mass is 9.92. The van der Waals surface area contributed by atoms with E-state index >= 15 is 0 Å². The smallest absolute Gasteiger partial charge is 0.217 e. The molecule has 1 amide bonds. The molecule has 1 saturated heterocycles. The van der Waals surface area contributed by atoms with Crippen molar-refractivity contribution in [1.29, 1.82) is 0 Å². The number of hydrogen-bond acceptors (Lipinski definition) is 4. The normalized spacial score (nSPS) is 16.2. The molecule has 0 radical (unpaired) electrons. The minimum absolute atomic E-state index is 0.273. The van der Waals surface area contributed by atoms with Gasteiger partial charge in [0, 0.05) is 36.5 Å². The quantitative estimate of drug-likeness (QED) is 0.885. The van der Waals surface area contributed by atoms with Crippen LogP contribution in [0.4, 0.5) is 0 Å². The number of carbonyl (C=O) groups excluding carboxylic acids is 1. The number of hydrogen-bond donors (Lipinski definition) is 1. The number of nitrogens with two attached hydrogens (primary N) is 1. The Morgan fingerprint density at radius 2 is 1.92 bits per heavy atom. The summed E-state index contributed by atoms with van der Waals surface area (Å²) in [5.74, 6) is 0.226. The van der Waals surface area contributed by atoms with Crippen LogP contribution in [0.3, 0.4) is 0 Å². The van der Waals surface area contributed by atoms with Gasteiger partial charge in [-0.2, -0.15) is 0 Å². The number of rotatable bonds is 6. The average molecular weight is 324 g/mol. The summed E-state index contributed by atoms with van der Waals surface area (Å²) in [5.41, 5.74) is 8.46. The molecule has 0 aromatic carbocycles. The van der Waals surface area contributed by atoms with Gasteiger partial charge < -0.3 is 5.73 Å². The minimum Gasteiger partial charge on any atom is -0.370 e. The second-order valence-electron chi connectivity index (χ2n) is 6.39. The topological polar surface area (TPSA) is 72.1 Å². The van der Waals surface area contributed by atoms with Gasteiger partial charge in [0.15, 0.2) is 0 Å². The molecule has 2 aromatic heterocycles. The minimum atomic E-state index is -0.273. The number of primary amides is 1. The molecule has 1 aliphatic rings. The monoisotopic (exact) mass is 324 g/mol. The van der Waals surface area contributed by atoms with Gasteiger partial charge in [0.25, 0.3) is 0 Å². The van der Waals surface area contributed by atoms with Crippen LogP contribution in [0.5, 0.6) is 0 Å². The molecule has 2 N–H and O–H groups in total. The third kappa shape index (κ3) is 4.61. The second kappa shape index (κ2) is 8.02. The van der Waals surface area contributed by atoms with E-state index in [-0.39, 0.29) is 5.91 Å². The zero-order chi connectivity index (χ0) is 16.8. The number of likely N-dealkylation sites (tertiary alicyclic amines) is 1. The molecule has 5 nitrogen and oxygen atoms in total. The van der Waals surface area contributed by atoms with Crippen LogP contribution in [-0.4, -0.2) is 33.9 Å². The van der Waals surface area contributed by atoms with Crippen LogP contribution in [0.15, 0.2) is 42.6 Å². The second-order valence-corrected chi connectivity index (χ2v) is 6.39. The van der Waals surface area contributed by atoms with Crippen LogP contribution in [0, 0.1) is 0 Å². The first-order valence-electron chi connectivity index (χ1n) is 8.57. The number of nitrogens with zero attached hydrogens (tertiary/aromatic N) is 3. The molecule has 0 bridgehead atoms. The molecule has 2 aromatic rings. The first kappa shape index (κ1) is 16.6. The molecular formula is C19H24N4O. The Morgan fingerprint density at radius 3 is 2.62 bits per heavy atom. The van der Waals surface area contributed by atoms with Crippen molar-refractivity contribution in [3.8, 4) is 0 Å². The molecule has 0 aliphatic carbocycles. The fourth-order valence-corrected chi connectivity index (χ4v) is 3.22. The number of piperidine rings is 1. The average Bonchev–Trinajstić information content (AvgIpc) is 2.62. The molecular weight excluding hydrogens is 300 g/mol. The maximum atomic E-state index is 10.9. The maximum Gasteiger partial charge on any atom is 0.217 e. The van der Waals surface area contributed by atoms with Crippen molar-refractivity contribution in [3.05, 3.63) is 59.7 Å². The van der Waals surface area contributed by atoms with Gasteiger partial charge in [-0.25, -0.2) is 0 Å². The Hall–Kier alpha value is -2.27. The molecule has 0 atom stereocenters. The van der Waals surface area contributed by atoms with Gasteiger partial charge in [-0.1, -0.05) is 12.1 Å². The lowest BCUT2D eigenvalue weighted by Gasteiger charge is -2.31. The molecule has 5 heteroatoms. The first-order valence-corrected chi connectivity index (χ1v) is 8.57. The standard InChI is InChI=1S/C19H24N4O/c20-19(24)8-7-16-5-3-6-18(22-16)15-9-12-23(13-10-15)14-17-4-1-2-11-21-17/h1-6,11,15H,7-10,12-14H2,(H2,20,24). The zero-order valence-electron chi connectivity index (χ0n) is 13.9. The van der Waals surface area contributed by atoms with E-state index in [2.05, 4.69) is 22.0 Å². The van der Waals surface area contributed by atoms with E-state index in [4.69, 9.17) is 10.7 Å². The van der Waals surface area contributed by atoms with E-state index < -0.39 is 0 Å². The summed E-state index contributed by atoms with van der Waals surface area (Å²) in [5, 5.41) is 0. The molecule has 0 saturated carbocycles. The summed E-state index contributed by atoms with van der Waals surface area (Å²) in [7, 11) is 0. The largest absolute Gasteiger partial charge is 0.370 e. The highest BCUT2D eigenvalue weighted by atomic mass is 16.1. The van der Waals surface area contributed by atoms with E-state index in [1.165, 1.54) is 0 Å². The number of pyridine rings is 2. The van der Waals surface area contributed by atoms with Crippen LogP contribution in [0.2, 0.25) is 0 Å². The van der Waals surface area contributed by atoms with Crippen molar-refractivity contribution in [3.63, 3.8) is 0 Å². The van der Waals surface area contributed by atoms with E-state index in [0.717, 1.165) is 49.6 Å². The van der Waals surface area contributed by atoms with Gasteiger partial charge in [0.05, 0.1) is 5.69 Å². The van der Waals surface area contributed by atoms with Crippen molar-refractivity contribution in [2.45, 2.75) is 38.1 Å². The highest BCUT2D eigenvalue weighted by Gasteiger charge is 2.22. The van der Waals surface area contributed by atoms with Crippen molar-refractivity contribution in [2.75, 3.05) is 13.1 Å². The van der Waals surface area contributed by atoms with E-state index in [0.29, 0.717) is 18.8 Å². The number of amides is 1. The Kier molecular flexibility index (Phi) is 5.54.